The Morgan fingerprint density at radius 2 is 1.79 bits per heavy atom. The van der Waals surface area contributed by atoms with E-state index in [2.05, 4.69) is 76.0 Å². The minimum Gasteiger partial charge on any atom is -0.355 e. The summed E-state index contributed by atoms with van der Waals surface area (Å²) in [6.07, 6.45) is 4.34. The monoisotopic (exact) mass is 459 g/mol. The minimum absolute atomic E-state index is 0.103. The Labute approximate surface area is 203 Å². The molecule has 180 valence electrons. The summed E-state index contributed by atoms with van der Waals surface area (Å²) < 4.78 is 2.35. The summed E-state index contributed by atoms with van der Waals surface area (Å²) in [7, 11) is 0. The number of likely N-dealkylation sites (tertiary alicyclic amines) is 1. The van der Waals surface area contributed by atoms with Gasteiger partial charge in [0.15, 0.2) is 0 Å². The van der Waals surface area contributed by atoms with Gasteiger partial charge in [-0.1, -0.05) is 35.9 Å². The SMILES string of the molecule is Cc1ccc(C)c(Cn2c(N3CCC(C(=O)NCCN4CCCC4)CC3)nc3ccccc32)c1. The number of carbonyl (C=O) groups excluding carboxylic acids is 1. The van der Waals surface area contributed by atoms with Crippen LogP contribution in [0, 0.1) is 19.8 Å². The van der Waals surface area contributed by atoms with Crippen LogP contribution in [0.2, 0.25) is 0 Å². The van der Waals surface area contributed by atoms with Crippen molar-refractivity contribution in [2.75, 3.05) is 44.2 Å². The van der Waals surface area contributed by atoms with Crippen molar-refractivity contribution in [3.05, 3.63) is 59.2 Å². The van der Waals surface area contributed by atoms with E-state index in [1.54, 1.807) is 0 Å². The summed E-state index contributed by atoms with van der Waals surface area (Å²) >= 11 is 0. The molecular weight excluding hydrogens is 422 g/mol. The largest absolute Gasteiger partial charge is 0.355 e. The van der Waals surface area contributed by atoms with E-state index in [9.17, 15) is 4.79 Å². The van der Waals surface area contributed by atoms with Crippen LogP contribution in [0.25, 0.3) is 11.0 Å². The minimum atomic E-state index is 0.103. The molecule has 0 unspecified atom stereocenters. The zero-order valence-corrected chi connectivity index (χ0v) is 20.6. The van der Waals surface area contributed by atoms with Gasteiger partial charge in [0, 0.05) is 32.1 Å². The highest BCUT2D eigenvalue weighted by atomic mass is 16.1. The second kappa shape index (κ2) is 10.2. The lowest BCUT2D eigenvalue weighted by molar-refractivity contribution is -0.125. The molecule has 0 atom stereocenters. The number of nitrogens with one attached hydrogen (secondary N) is 1. The van der Waals surface area contributed by atoms with Gasteiger partial charge in [-0.25, -0.2) is 4.98 Å². The van der Waals surface area contributed by atoms with E-state index >= 15 is 0 Å². The number of nitrogens with zero attached hydrogens (tertiary/aromatic N) is 4. The first-order chi connectivity index (χ1) is 16.6. The Kier molecular flexibility index (Phi) is 6.86. The van der Waals surface area contributed by atoms with Gasteiger partial charge in [-0.2, -0.15) is 0 Å². The van der Waals surface area contributed by atoms with Gasteiger partial charge in [0.25, 0.3) is 0 Å². The van der Waals surface area contributed by atoms with Crippen molar-refractivity contribution in [1.82, 2.24) is 19.8 Å². The Bertz CT molecular complexity index is 1140. The second-order valence-corrected chi connectivity index (χ2v) is 10.0. The molecule has 0 saturated carbocycles. The summed E-state index contributed by atoms with van der Waals surface area (Å²) in [6, 6.07) is 15.1. The number of amides is 1. The highest BCUT2D eigenvalue weighted by Gasteiger charge is 2.28. The molecule has 6 heteroatoms. The molecule has 0 bridgehead atoms. The van der Waals surface area contributed by atoms with Gasteiger partial charge in [0.2, 0.25) is 11.9 Å². The van der Waals surface area contributed by atoms with E-state index in [0.29, 0.717) is 0 Å². The van der Waals surface area contributed by atoms with Gasteiger partial charge in [-0.15, -0.1) is 0 Å². The summed E-state index contributed by atoms with van der Waals surface area (Å²) in [5.74, 6) is 1.35. The number of carbonyl (C=O) groups is 1. The first-order valence-corrected chi connectivity index (χ1v) is 12.8. The van der Waals surface area contributed by atoms with Gasteiger partial charge in [0.1, 0.15) is 0 Å². The summed E-state index contributed by atoms with van der Waals surface area (Å²) in [5, 5.41) is 3.19. The van der Waals surface area contributed by atoms with E-state index in [1.165, 1.54) is 48.1 Å². The molecule has 6 nitrogen and oxygen atoms in total. The summed E-state index contributed by atoms with van der Waals surface area (Å²) in [4.78, 5) is 22.6. The van der Waals surface area contributed by atoms with Crippen LogP contribution >= 0.6 is 0 Å². The van der Waals surface area contributed by atoms with Gasteiger partial charge in [-0.3, -0.25) is 4.79 Å². The average molecular weight is 460 g/mol. The number of piperidine rings is 1. The summed E-state index contributed by atoms with van der Waals surface area (Å²) in [6.45, 7) is 11.0. The maximum atomic E-state index is 12.8. The lowest BCUT2D eigenvalue weighted by Crippen LogP contribution is -2.43. The molecule has 0 aliphatic carbocycles. The van der Waals surface area contributed by atoms with Crippen LogP contribution in [0.5, 0.6) is 0 Å². The maximum Gasteiger partial charge on any atom is 0.223 e. The fraction of sp³-hybridized carbons (Fsp3) is 0.500. The van der Waals surface area contributed by atoms with Crippen LogP contribution in [0.3, 0.4) is 0 Å². The number of aromatic nitrogens is 2. The fourth-order valence-corrected chi connectivity index (χ4v) is 5.43. The van der Waals surface area contributed by atoms with E-state index in [-0.39, 0.29) is 11.8 Å². The van der Waals surface area contributed by atoms with Crippen molar-refractivity contribution in [3.8, 4) is 0 Å². The van der Waals surface area contributed by atoms with Crippen molar-refractivity contribution in [2.45, 2.75) is 46.1 Å². The Morgan fingerprint density at radius 3 is 2.59 bits per heavy atom. The molecule has 2 aliphatic rings. The molecule has 3 aromatic rings. The zero-order chi connectivity index (χ0) is 23.5. The molecule has 2 aliphatic heterocycles. The smallest absolute Gasteiger partial charge is 0.223 e. The third-order valence-corrected chi connectivity index (χ3v) is 7.54. The van der Waals surface area contributed by atoms with Crippen molar-refractivity contribution in [1.29, 1.82) is 0 Å². The number of anilines is 1. The predicted octanol–water partition coefficient (Wildman–Crippen LogP) is 4.13. The zero-order valence-electron chi connectivity index (χ0n) is 20.6. The lowest BCUT2D eigenvalue weighted by Gasteiger charge is -2.32. The molecule has 2 aromatic carbocycles. The van der Waals surface area contributed by atoms with Crippen molar-refractivity contribution >= 4 is 22.9 Å². The van der Waals surface area contributed by atoms with Gasteiger partial charge >= 0.3 is 0 Å². The third kappa shape index (κ3) is 4.97. The molecule has 3 heterocycles. The highest BCUT2D eigenvalue weighted by Crippen LogP contribution is 2.28. The quantitative estimate of drug-likeness (QED) is 0.577. The molecule has 0 spiro atoms. The predicted molar refractivity (Wildman–Crippen MR) is 138 cm³/mol. The molecule has 2 fully saturated rings. The Balaban J connectivity index is 1.27. The average Bonchev–Trinajstić information content (AvgIpc) is 3.50. The first kappa shape index (κ1) is 22.9. The number of hydrogen-bond donors (Lipinski definition) is 1. The van der Waals surface area contributed by atoms with E-state index in [4.69, 9.17) is 4.98 Å². The lowest BCUT2D eigenvalue weighted by atomic mass is 9.96. The van der Waals surface area contributed by atoms with Crippen molar-refractivity contribution in [2.24, 2.45) is 5.92 Å². The van der Waals surface area contributed by atoms with Crippen LogP contribution in [0.1, 0.15) is 42.4 Å². The molecule has 34 heavy (non-hydrogen) atoms. The van der Waals surface area contributed by atoms with Crippen molar-refractivity contribution < 1.29 is 4.79 Å². The van der Waals surface area contributed by atoms with E-state index < -0.39 is 0 Å². The number of benzene rings is 2. The molecular formula is C28H37N5O. The summed E-state index contributed by atoms with van der Waals surface area (Å²) in [5.41, 5.74) is 6.11. The van der Waals surface area contributed by atoms with Crippen molar-refractivity contribution in [3.63, 3.8) is 0 Å². The molecule has 5 rings (SSSR count). The van der Waals surface area contributed by atoms with Gasteiger partial charge in [0.05, 0.1) is 17.6 Å². The maximum absolute atomic E-state index is 12.8. The van der Waals surface area contributed by atoms with Crippen LogP contribution in [0.15, 0.2) is 42.5 Å². The number of hydrogen-bond acceptors (Lipinski definition) is 4. The molecule has 1 N–H and O–H groups in total. The van der Waals surface area contributed by atoms with Gasteiger partial charge < -0.3 is 19.7 Å². The Morgan fingerprint density at radius 1 is 1.03 bits per heavy atom. The number of imidazole rings is 1. The number of para-hydroxylation sites is 2. The molecule has 0 radical (unpaired) electrons. The molecule has 1 aromatic heterocycles. The number of fused-ring (bicyclic) bond motifs is 1. The number of aryl methyl sites for hydroxylation is 2. The van der Waals surface area contributed by atoms with Crippen LogP contribution < -0.4 is 10.2 Å². The normalized spacial score (nSPS) is 17.5. The first-order valence-electron chi connectivity index (χ1n) is 12.8. The van der Waals surface area contributed by atoms with Crippen LogP contribution in [0.4, 0.5) is 5.95 Å². The topological polar surface area (TPSA) is 53.4 Å². The Hall–Kier alpha value is -2.86. The van der Waals surface area contributed by atoms with E-state index in [0.717, 1.165) is 57.0 Å². The van der Waals surface area contributed by atoms with Crippen LogP contribution in [-0.2, 0) is 11.3 Å². The fourth-order valence-electron chi connectivity index (χ4n) is 5.43. The van der Waals surface area contributed by atoms with Crippen LogP contribution in [-0.4, -0.2) is 59.6 Å². The number of rotatable bonds is 7. The standard InChI is InChI=1S/C28H37N5O/c1-21-9-10-22(2)24(19-21)20-33-26-8-4-3-7-25(26)30-28(33)32-16-11-23(12-17-32)27(34)29-13-18-31-14-5-6-15-31/h3-4,7-10,19,23H,5-6,11-18,20H2,1-2H3,(H,29,34). The highest BCUT2D eigenvalue weighted by molar-refractivity contribution is 5.80. The van der Waals surface area contributed by atoms with Gasteiger partial charge in [-0.05, 0) is 75.9 Å². The third-order valence-electron chi connectivity index (χ3n) is 7.54. The molecule has 2 saturated heterocycles. The van der Waals surface area contributed by atoms with E-state index in [1.807, 2.05) is 0 Å². The molecule has 1 amide bonds. The second-order valence-electron chi connectivity index (χ2n) is 10.0.